The molecule has 0 aromatic heterocycles. The molecule has 1 saturated heterocycles. The van der Waals surface area contributed by atoms with E-state index in [4.69, 9.17) is 9.47 Å². The smallest absolute Gasteiger partial charge is 0.186 e. The van der Waals surface area contributed by atoms with Gasteiger partial charge in [0.1, 0.15) is 18.3 Å². The van der Waals surface area contributed by atoms with Crippen molar-refractivity contribution in [3.05, 3.63) is 0 Å². The number of methoxy groups -OCH3 is 1. The van der Waals surface area contributed by atoms with E-state index < -0.39 is 30.7 Å². The molecule has 72 valence electrons. The summed E-state index contributed by atoms with van der Waals surface area (Å²) < 4.78 is 9.80. The van der Waals surface area contributed by atoms with Crippen molar-refractivity contribution >= 4 is 0 Å². The van der Waals surface area contributed by atoms with Gasteiger partial charge in [0.25, 0.3) is 0 Å². The molecule has 5 nitrogen and oxygen atoms in total. The van der Waals surface area contributed by atoms with E-state index in [1.165, 1.54) is 7.11 Å². The van der Waals surface area contributed by atoms with E-state index >= 15 is 0 Å². The van der Waals surface area contributed by atoms with Crippen LogP contribution >= 0.6 is 0 Å². The molecule has 1 rings (SSSR count). The van der Waals surface area contributed by atoms with Crippen LogP contribution < -0.4 is 0 Å². The van der Waals surface area contributed by atoms with Crippen molar-refractivity contribution in [3.63, 3.8) is 0 Å². The molecule has 3 N–H and O–H groups in total. The van der Waals surface area contributed by atoms with Gasteiger partial charge in [0.15, 0.2) is 6.29 Å². The molecule has 1 aliphatic heterocycles. The number of aliphatic hydroxyl groups excluding tert-OH is 3. The van der Waals surface area contributed by atoms with Gasteiger partial charge in [-0.1, -0.05) is 0 Å². The van der Waals surface area contributed by atoms with Crippen molar-refractivity contribution < 1.29 is 24.8 Å². The lowest BCUT2D eigenvalue weighted by Gasteiger charge is -2.38. The highest BCUT2D eigenvalue weighted by Crippen LogP contribution is 2.20. The number of hydrogen-bond donors (Lipinski definition) is 3. The highest BCUT2D eigenvalue weighted by Gasteiger charge is 2.41. The SMILES string of the molecule is COC1O[C@@H](C)C(O)[C@H](O)C1O. The van der Waals surface area contributed by atoms with Crippen LogP contribution in [0.2, 0.25) is 0 Å². The minimum Gasteiger partial charge on any atom is -0.388 e. The van der Waals surface area contributed by atoms with Crippen LogP contribution in [0.3, 0.4) is 0 Å². The Balaban J connectivity index is 2.63. The van der Waals surface area contributed by atoms with Gasteiger partial charge in [0, 0.05) is 7.11 Å². The largest absolute Gasteiger partial charge is 0.388 e. The minimum absolute atomic E-state index is 0.534. The molecule has 0 aliphatic carbocycles. The average molecular weight is 178 g/mol. The van der Waals surface area contributed by atoms with Gasteiger partial charge >= 0.3 is 0 Å². The summed E-state index contributed by atoms with van der Waals surface area (Å²) in [4.78, 5) is 0. The summed E-state index contributed by atoms with van der Waals surface area (Å²) in [6.07, 6.45) is -4.86. The Hall–Kier alpha value is -0.200. The molecule has 0 bridgehead atoms. The fourth-order valence-electron chi connectivity index (χ4n) is 1.21. The zero-order valence-corrected chi connectivity index (χ0v) is 7.04. The average Bonchev–Trinajstić information content (AvgIpc) is 2.08. The van der Waals surface area contributed by atoms with Crippen molar-refractivity contribution in [2.24, 2.45) is 0 Å². The van der Waals surface area contributed by atoms with Gasteiger partial charge in [-0.15, -0.1) is 0 Å². The Morgan fingerprint density at radius 2 is 1.67 bits per heavy atom. The summed E-state index contributed by atoms with van der Waals surface area (Å²) in [7, 11) is 1.37. The topological polar surface area (TPSA) is 79.2 Å². The van der Waals surface area contributed by atoms with Crippen molar-refractivity contribution in [2.45, 2.75) is 37.6 Å². The van der Waals surface area contributed by atoms with Crippen LogP contribution in [0.1, 0.15) is 6.92 Å². The summed E-state index contributed by atoms with van der Waals surface area (Å²) in [5, 5.41) is 27.8. The van der Waals surface area contributed by atoms with Crippen molar-refractivity contribution in [1.82, 2.24) is 0 Å². The van der Waals surface area contributed by atoms with E-state index in [9.17, 15) is 15.3 Å². The number of rotatable bonds is 1. The molecule has 0 amide bonds. The molecule has 0 spiro atoms. The van der Waals surface area contributed by atoms with Gasteiger partial charge in [-0.05, 0) is 6.92 Å². The fourth-order valence-corrected chi connectivity index (χ4v) is 1.21. The highest BCUT2D eigenvalue weighted by atomic mass is 16.7. The Labute approximate surface area is 70.5 Å². The molecule has 5 atom stereocenters. The van der Waals surface area contributed by atoms with E-state index in [0.717, 1.165) is 0 Å². The normalized spacial score (nSPS) is 49.2. The second-order valence-corrected chi connectivity index (χ2v) is 2.92. The van der Waals surface area contributed by atoms with Crippen LogP contribution in [0.25, 0.3) is 0 Å². The van der Waals surface area contributed by atoms with Crippen molar-refractivity contribution in [1.29, 1.82) is 0 Å². The molecule has 3 unspecified atom stereocenters. The lowest BCUT2D eigenvalue weighted by Crippen LogP contribution is -2.57. The van der Waals surface area contributed by atoms with Gasteiger partial charge in [-0.3, -0.25) is 0 Å². The molecule has 0 aromatic rings. The van der Waals surface area contributed by atoms with Crippen LogP contribution in [0.4, 0.5) is 0 Å². The third kappa shape index (κ3) is 1.60. The van der Waals surface area contributed by atoms with Crippen LogP contribution in [-0.2, 0) is 9.47 Å². The fraction of sp³-hybridized carbons (Fsp3) is 1.00. The van der Waals surface area contributed by atoms with E-state index in [-0.39, 0.29) is 0 Å². The highest BCUT2D eigenvalue weighted by molar-refractivity contribution is 4.86. The van der Waals surface area contributed by atoms with Gasteiger partial charge in [-0.2, -0.15) is 0 Å². The molecule has 0 aromatic carbocycles. The molecular formula is C7H14O5. The standard InChI is InChI=1S/C7H14O5/c1-3-4(8)5(9)6(10)7(11-2)12-3/h3-10H,1-2H3/t3-,4?,5-,6?,7?/m0/s1. The zero-order valence-electron chi connectivity index (χ0n) is 7.04. The third-order valence-electron chi connectivity index (χ3n) is 2.04. The zero-order chi connectivity index (χ0) is 9.30. The number of hydrogen-bond acceptors (Lipinski definition) is 5. The van der Waals surface area contributed by atoms with Crippen LogP contribution in [0, 0.1) is 0 Å². The van der Waals surface area contributed by atoms with Gasteiger partial charge < -0.3 is 24.8 Å². The molecule has 1 fully saturated rings. The predicted molar refractivity (Wildman–Crippen MR) is 39.4 cm³/mol. The third-order valence-corrected chi connectivity index (χ3v) is 2.04. The van der Waals surface area contributed by atoms with Crippen LogP contribution in [-0.4, -0.2) is 53.1 Å². The minimum atomic E-state index is -1.21. The second kappa shape index (κ2) is 3.68. The van der Waals surface area contributed by atoms with Crippen molar-refractivity contribution in [3.8, 4) is 0 Å². The Morgan fingerprint density at radius 3 is 2.17 bits per heavy atom. The maximum Gasteiger partial charge on any atom is 0.186 e. The Morgan fingerprint density at radius 1 is 1.08 bits per heavy atom. The van der Waals surface area contributed by atoms with Crippen LogP contribution in [0.5, 0.6) is 0 Å². The lowest BCUT2D eigenvalue weighted by molar-refractivity contribution is -0.286. The Bertz CT molecular complexity index is 146. The summed E-state index contributed by atoms with van der Waals surface area (Å²) >= 11 is 0. The molecule has 5 heteroatoms. The molecule has 1 aliphatic rings. The summed E-state index contributed by atoms with van der Waals surface area (Å²) in [6, 6.07) is 0. The molecule has 1 heterocycles. The molecule has 0 saturated carbocycles. The quantitative estimate of drug-likeness (QED) is 0.453. The van der Waals surface area contributed by atoms with Gasteiger partial charge in [0.05, 0.1) is 6.10 Å². The maximum absolute atomic E-state index is 9.27. The summed E-state index contributed by atoms with van der Waals surface area (Å²) in [5.41, 5.74) is 0. The van der Waals surface area contributed by atoms with Gasteiger partial charge in [-0.25, -0.2) is 0 Å². The summed E-state index contributed by atoms with van der Waals surface area (Å²) in [6.45, 7) is 1.60. The monoisotopic (exact) mass is 178 g/mol. The van der Waals surface area contributed by atoms with E-state index in [2.05, 4.69) is 0 Å². The summed E-state index contributed by atoms with van der Waals surface area (Å²) in [5.74, 6) is 0. The first-order valence-electron chi connectivity index (χ1n) is 3.80. The Kier molecular flexibility index (Phi) is 3.03. The molecular weight excluding hydrogens is 164 g/mol. The number of aliphatic hydroxyl groups is 3. The lowest BCUT2D eigenvalue weighted by atomic mass is 10.0. The molecule has 12 heavy (non-hydrogen) atoms. The van der Waals surface area contributed by atoms with E-state index in [1.54, 1.807) is 6.92 Å². The van der Waals surface area contributed by atoms with Crippen LogP contribution in [0.15, 0.2) is 0 Å². The van der Waals surface area contributed by atoms with E-state index in [0.29, 0.717) is 0 Å². The molecule has 0 radical (unpaired) electrons. The first-order chi connectivity index (χ1) is 5.57. The first-order valence-corrected chi connectivity index (χ1v) is 3.80. The first kappa shape index (κ1) is 9.88. The predicted octanol–water partition coefficient (Wildman–Crippen LogP) is -1.54. The second-order valence-electron chi connectivity index (χ2n) is 2.92. The van der Waals surface area contributed by atoms with E-state index in [1.807, 2.05) is 0 Å². The van der Waals surface area contributed by atoms with Crippen molar-refractivity contribution in [2.75, 3.05) is 7.11 Å². The number of ether oxygens (including phenoxy) is 2. The van der Waals surface area contributed by atoms with Gasteiger partial charge in [0.2, 0.25) is 0 Å². The maximum atomic E-state index is 9.27.